The van der Waals surface area contributed by atoms with Gasteiger partial charge in [0.1, 0.15) is 5.82 Å². The molecule has 0 aromatic heterocycles. The van der Waals surface area contributed by atoms with Crippen molar-refractivity contribution in [2.24, 2.45) is 11.7 Å². The van der Waals surface area contributed by atoms with Crippen LogP contribution in [0.25, 0.3) is 0 Å². The van der Waals surface area contributed by atoms with E-state index in [2.05, 4.69) is 5.32 Å². The molecule has 1 heterocycles. The summed E-state index contributed by atoms with van der Waals surface area (Å²) in [6, 6.07) is 5.14. The van der Waals surface area contributed by atoms with Gasteiger partial charge in [0.15, 0.2) is 0 Å². The lowest BCUT2D eigenvalue weighted by atomic mass is 9.96. The molecule has 0 bridgehead atoms. The highest BCUT2D eigenvalue weighted by Crippen LogP contribution is 2.19. The highest BCUT2D eigenvalue weighted by Gasteiger charge is 2.32. The number of hydrogen-bond donors (Lipinski definition) is 2. The zero-order valence-corrected chi connectivity index (χ0v) is 14.3. The van der Waals surface area contributed by atoms with E-state index >= 15 is 0 Å². The Hall–Kier alpha value is -1.80. The van der Waals surface area contributed by atoms with Crippen LogP contribution >= 0.6 is 12.4 Å². The van der Waals surface area contributed by atoms with E-state index in [-0.39, 0.29) is 24.9 Å². The van der Waals surface area contributed by atoms with Crippen molar-refractivity contribution in [2.45, 2.75) is 18.8 Å². The Morgan fingerprint density at radius 1 is 1.28 bits per heavy atom. The van der Waals surface area contributed by atoms with E-state index in [4.69, 9.17) is 5.73 Å². The number of amides is 2. The summed E-state index contributed by atoms with van der Waals surface area (Å²) in [5.41, 5.74) is 5.25. The van der Waals surface area contributed by atoms with Crippen LogP contribution in [0.5, 0.6) is 0 Å². The number of carbonyl (C=O) groups excluding carboxylic acids is 2. The van der Waals surface area contributed by atoms with Crippen LogP contribution in [0.3, 0.4) is 0 Å². The second-order valence-corrected chi connectivity index (χ2v) is 5.88. The minimum atomic E-state index is -3.14. The Labute approximate surface area is 150 Å². The molecule has 1 aromatic carbocycles. The number of benzene rings is 1. The van der Waals surface area contributed by atoms with Crippen LogP contribution in [-0.4, -0.2) is 48.8 Å². The molecule has 1 aromatic rings. The molecule has 0 spiro atoms. The van der Waals surface area contributed by atoms with Crippen LogP contribution in [0.15, 0.2) is 24.3 Å². The van der Waals surface area contributed by atoms with Crippen molar-refractivity contribution in [1.82, 2.24) is 10.2 Å². The van der Waals surface area contributed by atoms with E-state index in [0.717, 1.165) is 0 Å². The first kappa shape index (κ1) is 21.2. The summed E-state index contributed by atoms with van der Waals surface area (Å²) < 4.78 is 39.1. The Bertz CT molecular complexity index is 599. The van der Waals surface area contributed by atoms with Crippen molar-refractivity contribution < 1.29 is 22.8 Å². The predicted molar refractivity (Wildman–Crippen MR) is 89.3 cm³/mol. The van der Waals surface area contributed by atoms with Crippen LogP contribution in [0.2, 0.25) is 0 Å². The number of nitrogens with one attached hydrogen (secondary N) is 1. The number of carbonyl (C=O) groups is 2. The fraction of sp³-hybridized carbons (Fsp3) is 0.500. The zero-order valence-electron chi connectivity index (χ0n) is 13.5. The van der Waals surface area contributed by atoms with Crippen molar-refractivity contribution >= 4 is 24.2 Å². The predicted octanol–water partition coefficient (Wildman–Crippen LogP) is 1.81. The maximum atomic E-state index is 13.1. The van der Waals surface area contributed by atoms with Gasteiger partial charge >= 0.3 is 0 Å². The second-order valence-electron chi connectivity index (χ2n) is 5.88. The summed E-state index contributed by atoms with van der Waals surface area (Å²) in [5, 5.41) is 2.19. The van der Waals surface area contributed by atoms with Gasteiger partial charge in [0.05, 0.1) is 19.0 Å². The molecule has 25 heavy (non-hydrogen) atoms. The third-order valence-electron chi connectivity index (χ3n) is 3.99. The molecule has 1 atom stereocenters. The van der Waals surface area contributed by atoms with Gasteiger partial charge in [-0.1, -0.05) is 0 Å². The molecule has 1 aliphatic rings. The van der Waals surface area contributed by atoms with Crippen molar-refractivity contribution in [3.8, 4) is 0 Å². The van der Waals surface area contributed by atoms with Gasteiger partial charge in [-0.2, -0.15) is 0 Å². The topological polar surface area (TPSA) is 75.4 Å². The highest BCUT2D eigenvalue weighted by molar-refractivity contribution is 5.94. The van der Waals surface area contributed by atoms with E-state index < -0.39 is 36.7 Å². The minimum absolute atomic E-state index is 0. The molecular weight excluding hydrogens is 359 g/mol. The van der Waals surface area contributed by atoms with Crippen LogP contribution in [0, 0.1) is 11.7 Å². The van der Waals surface area contributed by atoms with Crippen LogP contribution < -0.4 is 11.1 Å². The number of likely N-dealkylation sites (tertiary alicyclic amines) is 1. The summed E-state index contributed by atoms with van der Waals surface area (Å²) in [7, 11) is 0. The van der Waals surface area contributed by atoms with Gasteiger partial charge in [0.2, 0.25) is 5.91 Å². The molecule has 1 aliphatic heterocycles. The molecule has 0 radical (unpaired) electrons. The molecule has 1 fully saturated rings. The summed E-state index contributed by atoms with van der Waals surface area (Å²) in [5.74, 6) is -4.95. The maximum Gasteiger partial charge on any atom is 0.277 e. The molecule has 0 aliphatic carbocycles. The third kappa shape index (κ3) is 5.89. The SMILES string of the molecule is Cl.NCC(F)(F)CNC(=O)C1CCCN(C(=O)c2ccc(F)cc2)C1. The summed E-state index contributed by atoms with van der Waals surface area (Å²) in [6.07, 6.45) is 1.12. The first-order chi connectivity index (χ1) is 11.3. The van der Waals surface area contributed by atoms with Crippen molar-refractivity contribution in [2.75, 3.05) is 26.2 Å². The summed E-state index contributed by atoms with van der Waals surface area (Å²) in [4.78, 5) is 25.9. The summed E-state index contributed by atoms with van der Waals surface area (Å²) >= 11 is 0. The standard InChI is InChI=1S/C16H20F3N3O2.ClH/c17-13-5-3-11(4-6-13)15(24)22-7-1-2-12(8-22)14(23)21-10-16(18,19)9-20;/h3-6,12H,1-2,7-10,20H2,(H,21,23);1H. The average Bonchev–Trinajstić information content (AvgIpc) is 2.60. The molecule has 0 saturated carbocycles. The van der Waals surface area contributed by atoms with Gasteiger partial charge in [-0.05, 0) is 37.1 Å². The van der Waals surface area contributed by atoms with Crippen molar-refractivity contribution in [3.63, 3.8) is 0 Å². The lowest BCUT2D eigenvalue weighted by molar-refractivity contribution is -0.128. The Kier molecular flexibility index (Phi) is 7.69. The molecule has 2 amide bonds. The molecule has 140 valence electrons. The van der Waals surface area contributed by atoms with Crippen molar-refractivity contribution in [1.29, 1.82) is 0 Å². The lowest BCUT2D eigenvalue weighted by Crippen LogP contribution is -2.48. The fourth-order valence-electron chi connectivity index (χ4n) is 2.58. The Morgan fingerprint density at radius 2 is 1.92 bits per heavy atom. The normalized spacial score (nSPS) is 17.6. The Balaban J connectivity index is 0.00000312. The van der Waals surface area contributed by atoms with Crippen LogP contribution in [-0.2, 0) is 4.79 Å². The molecule has 2 rings (SSSR count). The summed E-state index contributed by atoms with van der Waals surface area (Å²) in [6.45, 7) is -1.03. The maximum absolute atomic E-state index is 13.1. The number of alkyl halides is 2. The number of rotatable bonds is 5. The van der Waals surface area contributed by atoms with Gasteiger partial charge in [-0.25, -0.2) is 13.2 Å². The second kappa shape index (κ2) is 9.05. The van der Waals surface area contributed by atoms with E-state index in [1.54, 1.807) is 0 Å². The highest BCUT2D eigenvalue weighted by atomic mass is 35.5. The number of nitrogens with zero attached hydrogens (tertiary/aromatic N) is 1. The van der Waals surface area contributed by atoms with E-state index in [9.17, 15) is 22.8 Å². The fourth-order valence-corrected chi connectivity index (χ4v) is 2.58. The van der Waals surface area contributed by atoms with Gasteiger partial charge in [0.25, 0.3) is 11.8 Å². The van der Waals surface area contributed by atoms with Gasteiger partial charge in [-0.15, -0.1) is 12.4 Å². The van der Waals surface area contributed by atoms with E-state index in [1.165, 1.54) is 29.2 Å². The molecule has 1 saturated heterocycles. The third-order valence-corrected chi connectivity index (χ3v) is 3.99. The minimum Gasteiger partial charge on any atom is -0.350 e. The number of halogens is 4. The number of hydrogen-bond acceptors (Lipinski definition) is 3. The average molecular weight is 380 g/mol. The van der Waals surface area contributed by atoms with Crippen LogP contribution in [0.4, 0.5) is 13.2 Å². The van der Waals surface area contributed by atoms with E-state index in [0.29, 0.717) is 24.9 Å². The van der Waals surface area contributed by atoms with Gasteiger partial charge in [0, 0.05) is 18.7 Å². The largest absolute Gasteiger partial charge is 0.350 e. The quantitative estimate of drug-likeness (QED) is 0.819. The molecule has 9 heteroatoms. The first-order valence-corrected chi connectivity index (χ1v) is 7.73. The molecule has 1 unspecified atom stereocenters. The van der Waals surface area contributed by atoms with Crippen LogP contribution in [0.1, 0.15) is 23.2 Å². The first-order valence-electron chi connectivity index (χ1n) is 7.73. The van der Waals surface area contributed by atoms with Gasteiger partial charge in [-0.3, -0.25) is 9.59 Å². The molecule has 5 nitrogen and oxygen atoms in total. The number of nitrogens with two attached hydrogens (primary N) is 1. The Morgan fingerprint density at radius 3 is 2.52 bits per heavy atom. The smallest absolute Gasteiger partial charge is 0.277 e. The van der Waals surface area contributed by atoms with E-state index in [1.807, 2.05) is 0 Å². The molecular formula is C16H21ClF3N3O2. The molecule has 3 N–H and O–H groups in total. The monoisotopic (exact) mass is 379 g/mol. The zero-order chi connectivity index (χ0) is 17.7. The van der Waals surface area contributed by atoms with Crippen molar-refractivity contribution in [3.05, 3.63) is 35.6 Å². The number of piperidine rings is 1. The lowest BCUT2D eigenvalue weighted by Gasteiger charge is -2.32. The van der Waals surface area contributed by atoms with Gasteiger partial charge < -0.3 is 16.0 Å².